The van der Waals surface area contributed by atoms with Crippen molar-refractivity contribution < 1.29 is 22.8 Å². The molecule has 1 amide bonds. The van der Waals surface area contributed by atoms with Crippen molar-refractivity contribution in [2.24, 2.45) is 0 Å². The molecule has 9 heteroatoms. The zero-order valence-corrected chi connectivity index (χ0v) is 17.1. The Morgan fingerprint density at radius 3 is 2.69 bits per heavy atom. The number of hydrogen-bond donors (Lipinski definition) is 1. The molecule has 152 valence electrons. The van der Waals surface area contributed by atoms with E-state index in [-0.39, 0.29) is 16.7 Å². The van der Waals surface area contributed by atoms with Gasteiger partial charge in [-0.15, -0.1) is 11.8 Å². The number of anilines is 1. The van der Waals surface area contributed by atoms with Crippen LogP contribution < -0.4 is 10.1 Å². The second-order valence-electron chi connectivity index (χ2n) is 6.07. The van der Waals surface area contributed by atoms with Crippen LogP contribution in [0.5, 0.6) is 5.75 Å². The molecule has 0 fully saturated rings. The van der Waals surface area contributed by atoms with E-state index in [1.165, 1.54) is 30.0 Å². The van der Waals surface area contributed by atoms with Crippen LogP contribution in [0.1, 0.15) is 27.4 Å². The lowest BCUT2D eigenvalue weighted by Gasteiger charge is -2.12. The summed E-state index contributed by atoms with van der Waals surface area (Å²) in [6.07, 6.45) is 0. The van der Waals surface area contributed by atoms with E-state index in [9.17, 15) is 13.6 Å². The fourth-order valence-corrected chi connectivity index (χ4v) is 4.03. The fraction of sp³-hybridized carbons (Fsp3) is 0.200. The van der Waals surface area contributed by atoms with Crippen LogP contribution in [0.4, 0.5) is 14.5 Å². The summed E-state index contributed by atoms with van der Waals surface area (Å²) in [4.78, 5) is 13.5. The zero-order chi connectivity index (χ0) is 21.0. The largest absolute Gasteiger partial charge is 0.433 e. The highest BCUT2D eigenvalue weighted by Gasteiger charge is 2.16. The molecule has 1 N–H and O–H groups in total. The molecule has 1 heterocycles. The molecule has 0 spiro atoms. The lowest BCUT2D eigenvalue weighted by Crippen LogP contribution is -2.13. The van der Waals surface area contributed by atoms with Gasteiger partial charge in [0.25, 0.3) is 5.91 Å². The number of benzene rings is 2. The third-order valence-electron chi connectivity index (χ3n) is 4.09. The maximum absolute atomic E-state index is 12.8. The second kappa shape index (κ2) is 9.28. The molecular formula is C20H17ClF2N2O3S. The van der Waals surface area contributed by atoms with Crippen molar-refractivity contribution in [3.63, 3.8) is 0 Å². The molecule has 1 aromatic heterocycles. The van der Waals surface area contributed by atoms with Crippen molar-refractivity contribution in [2.45, 2.75) is 31.1 Å². The Labute approximate surface area is 175 Å². The summed E-state index contributed by atoms with van der Waals surface area (Å²) in [5.74, 6) is 0.856. The van der Waals surface area contributed by atoms with E-state index in [2.05, 4.69) is 15.2 Å². The van der Waals surface area contributed by atoms with E-state index in [1.807, 2.05) is 26.0 Å². The van der Waals surface area contributed by atoms with Gasteiger partial charge in [0.2, 0.25) is 0 Å². The minimum atomic E-state index is -2.98. The molecule has 0 bridgehead atoms. The average Bonchev–Trinajstić information content (AvgIpc) is 3.00. The summed E-state index contributed by atoms with van der Waals surface area (Å²) in [6.45, 7) is 0.741. The molecule has 0 saturated carbocycles. The number of alkyl halides is 2. The Hall–Kier alpha value is -2.58. The smallest absolute Gasteiger partial charge is 0.387 e. The first-order valence-corrected chi connectivity index (χ1v) is 9.90. The number of carbonyl (C=O) groups is 1. The van der Waals surface area contributed by atoms with Gasteiger partial charge in [-0.25, -0.2) is 0 Å². The highest BCUT2D eigenvalue weighted by molar-refractivity contribution is 7.98. The van der Waals surface area contributed by atoms with Crippen LogP contribution in [0.3, 0.4) is 0 Å². The molecule has 0 aliphatic heterocycles. The number of ether oxygens (including phenoxy) is 1. The topological polar surface area (TPSA) is 64.4 Å². The van der Waals surface area contributed by atoms with Crippen LogP contribution in [-0.4, -0.2) is 17.7 Å². The van der Waals surface area contributed by atoms with Gasteiger partial charge in [-0.1, -0.05) is 28.9 Å². The van der Waals surface area contributed by atoms with Gasteiger partial charge >= 0.3 is 6.61 Å². The van der Waals surface area contributed by atoms with Crippen LogP contribution in [0.15, 0.2) is 51.9 Å². The molecule has 0 aliphatic carbocycles. The number of halogens is 3. The summed E-state index contributed by atoms with van der Waals surface area (Å²) in [5.41, 5.74) is 2.66. The molecule has 0 radical (unpaired) electrons. The summed E-state index contributed by atoms with van der Waals surface area (Å²) < 4.78 is 34.2. The van der Waals surface area contributed by atoms with Gasteiger partial charge in [0.1, 0.15) is 11.5 Å². The highest BCUT2D eigenvalue weighted by Crippen LogP contribution is 2.31. The molecule has 3 rings (SSSR count). The van der Waals surface area contributed by atoms with Gasteiger partial charge in [0.15, 0.2) is 0 Å². The SMILES string of the molecule is Cc1noc(C)c1CSc1ccccc1C(=O)Nc1ccc(OC(F)F)c(Cl)c1. The maximum Gasteiger partial charge on any atom is 0.387 e. The number of nitrogens with zero attached hydrogens (tertiary/aromatic N) is 1. The molecule has 0 unspecified atom stereocenters. The molecule has 0 aliphatic rings. The number of rotatable bonds is 7. The molecule has 2 aromatic carbocycles. The van der Waals surface area contributed by atoms with Gasteiger partial charge in [0, 0.05) is 21.9 Å². The normalized spacial score (nSPS) is 11.0. The number of carbonyl (C=O) groups excluding carboxylic acids is 1. The molecule has 29 heavy (non-hydrogen) atoms. The van der Waals surface area contributed by atoms with Gasteiger partial charge in [-0.3, -0.25) is 4.79 Å². The van der Waals surface area contributed by atoms with Crippen LogP contribution in [0.25, 0.3) is 0 Å². The lowest BCUT2D eigenvalue weighted by atomic mass is 10.2. The van der Waals surface area contributed by atoms with Crippen molar-refractivity contribution in [1.82, 2.24) is 5.16 Å². The Morgan fingerprint density at radius 2 is 2.03 bits per heavy atom. The second-order valence-corrected chi connectivity index (χ2v) is 7.49. The quantitative estimate of drug-likeness (QED) is 0.452. The van der Waals surface area contributed by atoms with E-state index in [1.54, 1.807) is 12.1 Å². The number of hydrogen-bond acceptors (Lipinski definition) is 5. The Balaban J connectivity index is 1.74. The summed E-state index contributed by atoms with van der Waals surface area (Å²) in [6, 6.07) is 11.3. The Morgan fingerprint density at radius 1 is 1.28 bits per heavy atom. The minimum Gasteiger partial charge on any atom is -0.433 e. The predicted octanol–water partition coefficient (Wildman–Crippen LogP) is 6.09. The van der Waals surface area contributed by atoms with E-state index < -0.39 is 6.61 Å². The average molecular weight is 439 g/mol. The van der Waals surface area contributed by atoms with Crippen LogP contribution in [-0.2, 0) is 5.75 Å². The third kappa shape index (κ3) is 5.27. The first kappa shape index (κ1) is 21.1. The van der Waals surface area contributed by atoms with Crippen molar-refractivity contribution in [1.29, 1.82) is 0 Å². The molecular weight excluding hydrogens is 422 g/mol. The van der Waals surface area contributed by atoms with E-state index in [0.717, 1.165) is 21.9 Å². The number of amides is 1. The number of thioether (sulfide) groups is 1. The predicted molar refractivity (Wildman–Crippen MR) is 108 cm³/mol. The first-order chi connectivity index (χ1) is 13.8. The molecule has 0 atom stereocenters. The Kier molecular flexibility index (Phi) is 6.76. The minimum absolute atomic E-state index is 0.0239. The number of aryl methyl sites for hydroxylation is 2. The van der Waals surface area contributed by atoms with Gasteiger partial charge in [0.05, 0.1) is 16.3 Å². The van der Waals surface area contributed by atoms with Crippen LogP contribution >= 0.6 is 23.4 Å². The van der Waals surface area contributed by atoms with E-state index in [4.69, 9.17) is 16.1 Å². The monoisotopic (exact) mass is 438 g/mol. The van der Waals surface area contributed by atoms with Crippen LogP contribution in [0, 0.1) is 13.8 Å². The van der Waals surface area contributed by atoms with E-state index in [0.29, 0.717) is 17.0 Å². The number of aromatic nitrogens is 1. The molecule has 3 aromatic rings. The van der Waals surface area contributed by atoms with Crippen LogP contribution in [0.2, 0.25) is 5.02 Å². The first-order valence-electron chi connectivity index (χ1n) is 8.54. The molecule has 5 nitrogen and oxygen atoms in total. The maximum atomic E-state index is 12.8. The zero-order valence-electron chi connectivity index (χ0n) is 15.5. The van der Waals surface area contributed by atoms with Crippen molar-refractivity contribution >= 4 is 35.0 Å². The third-order valence-corrected chi connectivity index (χ3v) is 5.49. The van der Waals surface area contributed by atoms with Gasteiger partial charge in [-0.05, 0) is 44.2 Å². The van der Waals surface area contributed by atoms with Crippen molar-refractivity contribution in [3.8, 4) is 5.75 Å². The van der Waals surface area contributed by atoms with Gasteiger partial charge in [-0.2, -0.15) is 8.78 Å². The van der Waals surface area contributed by atoms with Crippen molar-refractivity contribution in [2.75, 3.05) is 5.32 Å². The van der Waals surface area contributed by atoms with Crippen molar-refractivity contribution in [3.05, 3.63) is 70.1 Å². The Bertz CT molecular complexity index is 1010. The van der Waals surface area contributed by atoms with Gasteiger partial charge < -0.3 is 14.6 Å². The fourth-order valence-electron chi connectivity index (χ4n) is 2.61. The standard InChI is InChI=1S/C20H17ClF2N2O3S/c1-11-15(12(2)28-25-11)10-29-18-6-4-3-5-14(18)19(26)24-13-7-8-17(16(21)9-13)27-20(22)23/h3-9,20H,10H2,1-2H3,(H,24,26). The summed E-state index contributed by atoms with van der Waals surface area (Å²) in [7, 11) is 0. The summed E-state index contributed by atoms with van der Waals surface area (Å²) in [5, 5.41) is 6.64. The summed E-state index contributed by atoms with van der Waals surface area (Å²) >= 11 is 7.44. The highest BCUT2D eigenvalue weighted by atomic mass is 35.5. The molecule has 0 saturated heterocycles. The number of nitrogens with one attached hydrogen (secondary N) is 1. The lowest BCUT2D eigenvalue weighted by molar-refractivity contribution is -0.0497. The van der Waals surface area contributed by atoms with E-state index >= 15 is 0 Å².